The Balaban J connectivity index is 2.14. The van der Waals surface area contributed by atoms with Gasteiger partial charge in [-0.05, 0) is 52.5 Å². The van der Waals surface area contributed by atoms with Gasteiger partial charge < -0.3 is 10.3 Å². The monoisotopic (exact) mass is 305 g/mol. The molecule has 0 radical (unpaired) electrons. The van der Waals surface area contributed by atoms with Gasteiger partial charge in [-0.25, -0.2) is 0 Å². The maximum atomic E-state index is 12.8. The number of aryl methyl sites for hydroxylation is 1. The van der Waals surface area contributed by atoms with Crippen LogP contribution in [0.2, 0.25) is 0 Å². The number of carbonyl (C=O) groups is 2. The molecule has 0 aromatic carbocycles. The maximum Gasteiger partial charge on any atom is 0.235 e. The molecular formula is C18H29N2O2+. The molecule has 4 nitrogen and oxygen atoms in total. The first kappa shape index (κ1) is 16.9. The molecule has 4 heteroatoms. The van der Waals surface area contributed by atoms with Gasteiger partial charge in [0.15, 0.2) is 5.78 Å². The Bertz CT molecular complexity index is 574. The highest BCUT2D eigenvalue weighted by molar-refractivity contribution is 6.04. The SMILES string of the molecule is CC(=O)c1c(C)[nH]c(C(=O)[C@@H](C)[NH2+][C@H]2CCCC[C@@H]2C)c1C. The van der Waals surface area contributed by atoms with Crippen molar-refractivity contribution in [2.75, 3.05) is 0 Å². The van der Waals surface area contributed by atoms with Crippen LogP contribution in [0.4, 0.5) is 0 Å². The Labute approximate surface area is 133 Å². The van der Waals surface area contributed by atoms with Crippen molar-refractivity contribution in [1.82, 2.24) is 4.98 Å². The fourth-order valence-corrected chi connectivity index (χ4v) is 3.84. The molecule has 0 amide bonds. The van der Waals surface area contributed by atoms with Crippen LogP contribution in [-0.2, 0) is 0 Å². The largest absolute Gasteiger partial charge is 0.355 e. The van der Waals surface area contributed by atoms with Crippen LogP contribution in [0.15, 0.2) is 0 Å². The summed E-state index contributed by atoms with van der Waals surface area (Å²) in [6.45, 7) is 9.54. The number of hydrogen-bond acceptors (Lipinski definition) is 2. The standard InChI is InChI=1S/C18H28N2O2/c1-10-8-6-7-9-15(10)19-13(4)18(22)17-11(2)16(14(5)21)12(3)20-17/h10,13,15,19-20H,6-9H2,1-5H3/p+1/t10-,13+,15-/m0/s1. The van der Waals surface area contributed by atoms with E-state index in [0.717, 1.165) is 11.3 Å². The molecule has 0 bridgehead atoms. The summed E-state index contributed by atoms with van der Waals surface area (Å²) in [7, 11) is 0. The fraction of sp³-hybridized carbons (Fsp3) is 0.667. The lowest BCUT2D eigenvalue weighted by Crippen LogP contribution is -2.97. The van der Waals surface area contributed by atoms with Gasteiger partial charge in [0, 0.05) is 17.2 Å². The quantitative estimate of drug-likeness (QED) is 0.821. The molecule has 2 rings (SSSR count). The summed E-state index contributed by atoms with van der Waals surface area (Å²) >= 11 is 0. The third-order valence-electron chi connectivity index (χ3n) is 5.16. The Kier molecular flexibility index (Phi) is 5.22. The number of aromatic nitrogens is 1. The lowest BCUT2D eigenvalue weighted by atomic mass is 9.85. The van der Waals surface area contributed by atoms with Crippen molar-refractivity contribution >= 4 is 11.6 Å². The highest BCUT2D eigenvalue weighted by Crippen LogP contribution is 2.22. The van der Waals surface area contributed by atoms with Crippen molar-refractivity contribution in [1.29, 1.82) is 0 Å². The van der Waals surface area contributed by atoms with Gasteiger partial charge in [0.1, 0.15) is 6.04 Å². The van der Waals surface area contributed by atoms with Crippen molar-refractivity contribution in [3.8, 4) is 0 Å². The van der Waals surface area contributed by atoms with Crippen LogP contribution in [-0.4, -0.2) is 28.6 Å². The third kappa shape index (κ3) is 3.32. The number of H-pyrrole nitrogens is 1. The summed E-state index contributed by atoms with van der Waals surface area (Å²) in [5, 5.41) is 2.23. The molecule has 0 spiro atoms. The zero-order chi connectivity index (χ0) is 16.4. The lowest BCUT2D eigenvalue weighted by Gasteiger charge is -2.28. The number of aromatic amines is 1. The van der Waals surface area contributed by atoms with E-state index in [1.807, 2.05) is 20.8 Å². The number of hydrogen-bond donors (Lipinski definition) is 2. The van der Waals surface area contributed by atoms with Crippen LogP contribution >= 0.6 is 0 Å². The molecule has 0 aliphatic heterocycles. The van der Waals surface area contributed by atoms with E-state index in [9.17, 15) is 9.59 Å². The minimum atomic E-state index is -0.109. The highest BCUT2D eigenvalue weighted by Gasteiger charge is 2.31. The summed E-state index contributed by atoms with van der Waals surface area (Å²) in [4.78, 5) is 27.6. The number of rotatable bonds is 5. The maximum absolute atomic E-state index is 12.8. The minimum absolute atomic E-state index is 0.0165. The molecule has 122 valence electrons. The molecule has 1 fully saturated rings. The molecule has 1 aliphatic carbocycles. The molecule has 1 heterocycles. The van der Waals surface area contributed by atoms with Crippen molar-refractivity contribution in [3.05, 3.63) is 22.5 Å². The molecule has 1 aromatic heterocycles. The summed E-state index contributed by atoms with van der Waals surface area (Å²) in [5.41, 5.74) is 2.87. The summed E-state index contributed by atoms with van der Waals surface area (Å²) < 4.78 is 0. The molecule has 3 atom stereocenters. The van der Waals surface area contributed by atoms with Gasteiger partial charge in [-0.1, -0.05) is 13.3 Å². The summed E-state index contributed by atoms with van der Waals surface area (Å²) in [6, 6.07) is 0.429. The second kappa shape index (κ2) is 6.78. The Morgan fingerprint density at radius 3 is 2.41 bits per heavy atom. The minimum Gasteiger partial charge on any atom is -0.355 e. The number of carbonyl (C=O) groups excluding carboxylic acids is 2. The van der Waals surface area contributed by atoms with Crippen LogP contribution in [0.1, 0.15) is 78.6 Å². The van der Waals surface area contributed by atoms with Crippen LogP contribution in [0, 0.1) is 19.8 Å². The number of ketones is 2. The van der Waals surface area contributed by atoms with Gasteiger partial charge in [-0.3, -0.25) is 9.59 Å². The second-order valence-electron chi connectivity index (χ2n) is 6.95. The van der Waals surface area contributed by atoms with E-state index in [4.69, 9.17) is 0 Å². The molecule has 3 N–H and O–H groups in total. The zero-order valence-electron chi connectivity index (χ0n) is 14.5. The molecule has 1 aliphatic rings. The fourth-order valence-electron chi connectivity index (χ4n) is 3.84. The normalized spacial score (nSPS) is 23.3. The van der Waals surface area contributed by atoms with Crippen LogP contribution in [0.3, 0.4) is 0 Å². The molecule has 0 saturated heterocycles. The average molecular weight is 305 g/mol. The van der Waals surface area contributed by atoms with E-state index in [-0.39, 0.29) is 17.6 Å². The highest BCUT2D eigenvalue weighted by atomic mass is 16.1. The van der Waals surface area contributed by atoms with Crippen molar-refractivity contribution < 1.29 is 14.9 Å². The van der Waals surface area contributed by atoms with E-state index in [2.05, 4.69) is 17.2 Å². The van der Waals surface area contributed by atoms with Crippen molar-refractivity contribution in [2.24, 2.45) is 5.92 Å². The lowest BCUT2D eigenvalue weighted by molar-refractivity contribution is -0.713. The molecule has 22 heavy (non-hydrogen) atoms. The molecular weight excluding hydrogens is 276 g/mol. The third-order valence-corrected chi connectivity index (χ3v) is 5.16. The summed E-state index contributed by atoms with van der Waals surface area (Å²) in [6.07, 6.45) is 5.03. The van der Waals surface area contributed by atoms with E-state index < -0.39 is 0 Å². The molecule has 1 saturated carbocycles. The van der Waals surface area contributed by atoms with Gasteiger partial charge in [0.25, 0.3) is 0 Å². The van der Waals surface area contributed by atoms with Crippen molar-refractivity contribution in [3.63, 3.8) is 0 Å². The summed E-state index contributed by atoms with van der Waals surface area (Å²) in [5.74, 6) is 0.789. The van der Waals surface area contributed by atoms with E-state index >= 15 is 0 Å². The topological polar surface area (TPSA) is 66.5 Å². The molecule has 1 aromatic rings. The predicted octanol–water partition coefficient (Wildman–Crippen LogP) is 2.55. The Morgan fingerprint density at radius 1 is 1.23 bits per heavy atom. The number of nitrogens with two attached hydrogens (primary N) is 1. The van der Waals surface area contributed by atoms with E-state index in [1.54, 1.807) is 6.92 Å². The van der Waals surface area contributed by atoms with Crippen molar-refractivity contribution in [2.45, 2.75) is 72.4 Å². The van der Waals surface area contributed by atoms with Gasteiger partial charge in [-0.15, -0.1) is 0 Å². The second-order valence-corrected chi connectivity index (χ2v) is 6.95. The van der Waals surface area contributed by atoms with Gasteiger partial charge >= 0.3 is 0 Å². The van der Waals surface area contributed by atoms with Crippen LogP contribution in [0.5, 0.6) is 0 Å². The van der Waals surface area contributed by atoms with E-state index in [1.165, 1.54) is 25.7 Å². The Hall–Kier alpha value is -1.42. The van der Waals surface area contributed by atoms with Crippen LogP contribution < -0.4 is 5.32 Å². The smallest absolute Gasteiger partial charge is 0.235 e. The first-order valence-corrected chi connectivity index (χ1v) is 8.42. The van der Waals surface area contributed by atoms with Gasteiger partial charge in [0.2, 0.25) is 5.78 Å². The molecule has 0 unspecified atom stereocenters. The Morgan fingerprint density at radius 2 is 1.86 bits per heavy atom. The van der Waals surface area contributed by atoms with E-state index in [0.29, 0.717) is 23.2 Å². The number of nitrogens with one attached hydrogen (secondary N) is 1. The predicted molar refractivity (Wildman–Crippen MR) is 87.4 cm³/mol. The number of Topliss-reactive ketones (excluding diaryl/α,β-unsaturated/α-hetero) is 2. The van der Waals surface area contributed by atoms with Crippen LogP contribution in [0.25, 0.3) is 0 Å². The first-order chi connectivity index (χ1) is 10.3. The first-order valence-electron chi connectivity index (χ1n) is 8.42. The number of quaternary nitrogens is 1. The zero-order valence-corrected chi connectivity index (χ0v) is 14.5. The van der Waals surface area contributed by atoms with Gasteiger partial charge in [0.05, 0.1) is 11.7 Å². The average Bonchev–Trinajstić information content (AvgIpc) is 2.75. The van der Waals surface area contributed by atoms with Gasteiger partial charge in [-0.2, -0.15) is 0 Å².